The number of rotatable bonds is 6. The number of sulfonamides is 1. The minimum atomic E-state index is -3.62. The van der Waals surface area contributed by atoms with Crippen LogP contribution in [0.5, 0.6) is 5.75 Å². The van der Waals surface area contributed by atoms with Crippen molar-refractivity contribution in [1.29, 1.82) is 0 Å². The van der Waals surface area contributed by atoms with Gasteiger partial charge in [0.25, 0.3) is 0 Å². The minimum Gasteiger partial charge on any atom is -0.495 e. The van der Waals surface area contributed by atoms with Crippen LogP contribution in [0.2, 0.25) is 0 Å². The third kappa shape index (κ3) is 3.72. The van der Waals surface area contributed by atoms with Gasteiger partial charge in [-0.2, -0.15) is 0 Å². The highest BCUT2D eigenvalue weighted by Gasteiger charge is 2.50. The number of nitrogens with one attached hydrogen (secondary N) is 2. The summed E-state index contributed by atoms with van der Waals surface area (Å²) in [7, 11) is -2.17. The van der Waals surface area contributed by atoms with Crippen molar-refractivity contribution >= 4 is 21.6 Å². The van der Waals surface area contributed by atoms with Gasteiger partial charge in [0.15, 0.2) is 0 Å². The molecule has 148 valence electrons. The molecule has 0 atom stereocenters. The Labute approximate surface area is 161 Å². The third-order valence-corrected chi connectivity index (χ3v) is 8.00. The highest BCUT2D eigenvalue weighted by atomic mass is 32.2. The van der Waals surface area contributed by atoms with Crippen LogP contribution in [0.4, 0.5) is 5.69 Å². The second kappa shape index (κ2) is 6.78. The van der Waals surface area contributed by atoms with Gasteiger partial charge in [-0.05, 0) is 73.8 Å². The van der Waals surface area contributed by atoms with E-state index in [1.807, 2.05) is 0 Å². The summed E-state index contributed by atoms with van der Waals surface area (Å²) in [5.41, 5.74) is 0.604. The van der Waals surface area contributed by atoms with Crippen molar-refractivity contribution in [3.63, 3.8) is 0 Å². The van der Waals surface area contributed by atoms with E-state index in [1.54, 1.807) is 6.07 Å². The summed E-state index contributed by atoms with van der Waals surface area (Å²) in [4.78, 5) is 11.4. The molecule has 0 saturated heterocycles. The molecule has 7 heteroatoms. The molecule has 0 spiro atoms. The smallest absolute Gasteiger partial charge is 0.240 e. The van der Waals surface area contributed by atoms with Crippen LogP contribution in [-0.4, -0.2) is 28.0 Å². The van der Waals surface area contributed by atoms with Crippen LogP contribution in [0.1, 0.15) is 45.4 Å². The van der Waals surface area contributed by atoms with Crippen LogP contribution >= 0.6 is 0 Å². The zero-order valence-electron chi connectivity index (χ0n) is 16.0. The molecule has 0 unspecified atom stereocenters. The number of carbonyl (C=O) groups excluding carboxylic acids is 1. The van der Waals surface area contributed by atoms with E-state index in [-0.39, 0.29) is 16.2 Å². The number of anilines is 1. The molecule has 1 amide bonds. The molecule has 5 rings (SSSR count). The minimum absolute atomic E-state index is 0.141. The van der Waals surface area contributed by atoms with Gasteiger partial charge in [-0.25, -0.2) is 13.1 Å². The maximum Gasteiger partial charge on any atom is 0.240 e. The van der Waals surface area contributed by atoms with Gasteiger partial charge >= 0.3 is 0 Å². The molecule has 0 heterocycles. The maximum absolute atomic E-state index is 12.9. The largest absolute Gasteiger partial charge is 0.495 e. The van der Waals surface area contributed by atoms with E-state index in [1.165, 1.54) is 45.4 Å². The Kier molecular flexibility index (Phi) is 4.71. The molecule has 4 aliphatic carbocycles. The van der Waals surface area contributed by atoms with E-state index in [4.69, 9.17) is 4.74 Å². The van der Waals surface area contributed by atoms with Crippen LogP contribution in [0.25, 0.3) is 0 Å². The van der Waals surface area contributed by atoms with Crippen molar-refractivity contribution in [3.05, 3.63) is 18.2 Å². The van der Waals surface area contributed by atoms with Crippen molar-refractivity contribution in [1.82, 2.24) is 4.72 Å². The normalized spacial score (nSPS) is 31.7. The molecule has 1 aromatic carbocycles. The number of amides is 1. The Morgan fingerprint density at radius 3 is 2.26 bits per heavy atom. The molecular weight excluding hydrogens is 364 g/mol. The number of hydrogen-bond acceptors (Lipinski definition) is 4. The predicted molar refractivity (Wildman–Crippen MR) is 103 cm³/mol. The first kappa shape index (κ1) is 18.7. The van der Waals surface area contributed by atoms with Crippen molar-refractivity contribution < 1.29 is 17.9 Å². The Balaban J connectivity index is 1.50. The van der Waals surface area contributed by atoms with E-state index in [9.17, 15) is 13.2 Å². The van der Waals surface area contributed by atoms with Gasteiger partial charge in [0, 0.05) is 19.5 Å². The molecule has 4 aliphatic rings. The first-order chi connectivity index (χ1) is 12.8. The summed E-state index contributed by atoms with van der Waals surface area (Å²) < 4.78 is 33.9. The molecule has 0 radical (unpaired) electrons. The van der Waals surface area contributed by atoms with E-state index in [0.29, 0.717) is 18.0 Å². The molecule has 0 aliphatic heterocycles. The zero-order chi connectivity index (χ0) is 19.2. The Hall–Kier alpha value is -1.60. The van der Waals surface area contributed by atoms with Gasteiger partial charge in [0.05, 0.1) is 17.7 Å². The fraction of sp³-hybridized carbons (Fsp3) is 0.650. The average Bonchev–Trinajstić information content (AvgIpc) is 2.59. The first-order valence-corrected chi connectivity index (χ1v) is 11.2. The summed E-state index contributed by atoms with van der Waals surface area (Å²) in [5, 5.41) is 2.64. The van der Waals surface area contributed by atoms with Crippen LogP contribution in [-0.2, 0) is 14.8 Å². The first-order valence-electron chi connectivity index (χ1n) is 9.74. The Bertz CT molecular complexity index is 814. The van der Waals surface area contributed by atoms with E-state index in [0.717, 1.165) is 37.0 Å². The highest BCUT2D eigenvalue weighted by molar-refractivity contribution is 7.89. The van der Waals surface area contributed by atoms with Crippen molar-refractivity contribution in [2.24, 2.45) is 23.2 Å². The second-order valence-corrected chi connectivity index (χ2v) is 10.6. The molecule has 4 bridgehead atoms. The Morgan fingerprint density at radius 2 is 1.74 bits per heavy atom. The van der Waals surface area contributed by atoms with Gasteiger partial charge in [0.1, 0.15) is 5.75 Å². The molecule has 27 heavy (non-hydrogen) atoms. The summed E-state index contributed by atoms with van der Waals surface area (Å²) in [5.74, 6) is 2.47. The van der Waals surface area contributed by atoms with E-state index in [2.05, 4.69) is 10.0 Å². The van der Waals surface area contributed by atoms with Gasteiger partial charge in [-0.1, -0.05) is 0 Å². The highest BCUT2D eigenvalue weighted by Crippen LogP contribution is 2.59. The van der Waals surface area contributed by atoms with Crippen LogP contribution in [0.15, 0.2) is 23.1 Å². The summed E-state index contributed by atoms with van der Waals surface area (Å²) in [6.07, 6.45) is 7.50. The van der Waals surface area contributed by atoms with Crippen molar-refractivity contribution in [3.8, 4) is 5.75 Å². The summed E-state index contributed by atoms with van der Waals surface area (Å²) in [6.45, 7) is 1.92. The molecule has 0 aromatic heterocycles. The summed E-state index contributed by atoms with van der Waals surface area (Å²) in [6, 6.07) is 4.54. The number of hydrogen-bond donors (Lipinski definition) is 2. The van der Waals surface area contributed by atoms with Gasteiger partial charge < -0.3 is 10.1 Å². The SMILES string of the molecule is COc1cc(S(=O)(=O)NCC23CC4CC(CC(C4)C2)C3)ccc1NC(C)=O. The lowest BCUT2D eigenvalue weighted by Crippen LogP contribution is -2.51. The van der Waals surface area contributed by atoms with Gasteiger partial charge in [-0.15, -0.1) is 0 Å². The molecular formula is C20H28N2O4S. The molecule has 4 saturated carbocycles. The fourth-order valence-corrected chi connectivity index (χ4v) is 7.14. The average molecular weight is 393 g/mol. The van der Waals surface area contributed by atoms with Crippen LogP contribution in [0, 0.1) is 23.2 Å². The van der Waals surface area contributed by atoms with Gasteiger partial charge in [0.2, 0.25) is 15.9 Å². The number of benzene rings is 1. The lowest BCUT2D eigenvalue weighted by molar-refractivity contribution is -0.114. The quantitative estimate of drug-likeness (QED) is 0.779. The van der Waals surface area contributed by atoms with E-state index < -0.39 is 10.0 Å². The lowest BCUT2D eigenvalue weighted by Gasteiger charge is -2.56. The zero-order valence-corrected chi connectivity index (χ0v) is 16.8. The number of ether oxygens (including phenoxy) is 1. The van der Waals surface area contributed by atoms with Crippen molar-refractivity contribution in [2.45, 2.75) is 50.3 Å². The molecule has 2 N–H and O–H groups in total. The number of methoxy groups -OCH3 is 1. The molecule has 4 fully saturated rings. The summed E-state index contributed by atoms with van der Waals surface area (Å²) >= 11 is 0. The predicted octanol–water partition coefficient (Wildman–Crippen LogP) is 3.15. The lowest BCUT2D eigenvalue weighted by atomic mass is 9.50. The number of carbonyl (C=O) groups is 1. The van der Waals surface area contributed by atoms with Crippen LogP contribution < -0.4 is 14.8 Å². The standard InChI is InChI=1S/C20H28N2O4S/c1-13(23)22-18-4-3-17(8-19(18)26-2)27(24,25)21-12-20-9-14-5-15(10-20)7-16(6-14)11-20/h3-4,8,14-16,21H,5-7,9-12H2,1-2H3,(H,22,23). The molecule has 6 nitrogen and oxygen atoms in total. The fourth-order valence-electron chi connectivity index (χ4n) is 5.97. The van der Waals surface area contributed by atoms with E-state index >= 15 is 0 Å². The second-order valence-electron chi connectivity index (χ2n) is 8.79. The Morgan fingerprint density at radius 1 is 1.15 bits per heavy atom. The maximum atomic E-state index is 12.9. The molecule has 1 aromatic rings. The monoisotopic (exact) mass is 392 g/mol. The topological polar surface area (TPSA) is 84.5 Å². The van der Waals surface area contributed by atoms with Crippen molar-refractivity contribution in [2.75, 3.05) is 19.0 Å². The third-order valence-electron chi connectivity index (χ3n) is 6.60. The van der Waals surface area contributed by atoms with Crippen LogP contribution in [0.3, 0.4) is 0 Å². The van der Waals surface area contributed by atoms with Gasteiger partial charge in [-0.3, -0.25) is 4.79 Å².